The Morgan fingerprint density at radius 1 is 1.14 bits per heavy atom. The van der Waals surface area contributed by atoms with Crippen LogP contribution in [0.1, 0.15) is 5.56 Å². The van der Waals surface area contributed by atoms with Crippen LogP contribution in [0.2, 0.25) is 5.02 Å². The molecule has 0 amide bonds. The Hall–Kier alpha value is -1.84. The molecule has 3 rings (SSSR count). The van der Waals surface area contributed by atoms with Gasteiger partial charge in [-0.1, -0.05) is 17.7 Å². The smallest absolute Gasteiger partial charge is 0.123 e. The first-order valence-corrected chi connectivity index (χ1v) is 7.27. The van der Waals surface area contributed by atoms with E-state index in [1.165, 1.54) is 23.1 Å². The first kappa shape index (κ1) is 14.1. The maximum Gasteiger partial charge on any atom is 0.123 e. The fourth-order valence-corrected chi connectivity index (χ4v) is 2.71. The number of aromatic nitrogens is 1. The molecular formula is C17H16ClFN2. The van der Waals surface area contributed by atoms with Crippen LogP contribution in [0, 0.1) is 5.82 Å². The summed E-state index contributed by atoms with van der Waals surface area (Å²) in [5, 5.41) is 5.04. The first-order valence-electron chi connectivity index (χ1n) is 6.89. The zero-order valence-electron chi connectivity index (χ0n) is 11.7. The van der Waals surface area contributed by atoms with Crippen molar-refractivity contribution in [3.63, 3.8) is 0 Å². The van der Waals surface area contributed by atoms with Crippen LogP contribution in [0.4, 0.5) is 4.39 Å². The summed E-state index contributed by atoms with van der Waals surface area (Å²) in [7, 11) is 1.94. The van der Waals surface area contributed by atoms with Gasteiger partial charge >= 0.3 is 0 Å². The molecule has 0 aliphatic rings. The second-order valence-corrected chi connectivity index (χ2v) is 5.45. The molecule has 21 heavy (non-hydrogen) atoms. The van der Waals surface area contributed by atoms with Gasteiger partial charge in [0.25, 0.3) is 0 Å². The molecular weight excluding hydrogens is 287 g/mol. The average molecular weight is 303 g/mol. The van der Waals surface area contributed by atoms with Gasteiger partial charge in [-0.2, -0.15) is 0 Å². The van der Waals surface area contributed by atoms with E-state index in [-0.39, 0.29) is 5.82 Å². The lowest BCUT2D eigenvalue weighted by Gasteiger charge is -2.05. The van der Waals surface area contributed by atoms with Crippen molar-refractivity contribution in [2.45, 2.75) is 6.42 Å². The Bertz CT molecular complexity index is 762. The highest BCUT2D eigenvalue weighted by Crippen LogP contribution is 2.28. The Balaban J connectivity index is 2.16. The predicted molar refractivity (Wildman–Crippen MR) is 85.9 cm³/mol. The van der Waals surface area contributed by atoms with E-state index >= 15 is 0 Å². The lowest BCUT2D eigenvalue weighted by molar-refractivity contribution is 0.627. The highest BCUT2D eigenvalue weighted by molar-refractivity contribution is 6.31. The monoisotopic (exact) mass is 302 g/mol. The van der Waals surface area contributed by atoms with Gasteiger partial charge in [-0.25, -0.2) is 4.39 Å². The summed E-state index contributed by atoms with van der Waals surface area (Å²) < 4.78 is 15.2. The molecule has 0 aliphatic carbocycles. The average Bonchev–Trinajstić information content (AvgIpc) is 2.84. The minimum absolute atomic E-state index is 0.233. The second kappa shape index (κ2) is 5.88. The molecule has 0 atom stereocenters. The zero-order valence-corrected chi connectivity index (χ0v) is 12.5. The van der Waals surface area contributed by atoms with E-state index in [1.54, 1.807) is 12.1 Å². The Morgan fingerprint density at radius 3 is 2.62 bits per heavy atom. The van der Waals surface area contributed by atoms with Crippen molar-refractivity contribution in [3.05, 3.63) is 65.1 Å². The summed E-state index contributed by atoms with van der Waals surface area (Å²) >= 11 is 6.13. The van der Waals surface area contributed by atoms with Gasteiger partial charge in [-0.15, -0.1) is 0 Å². The van der Waals surface area contributed by atoms with Crippen molar-refractivity contribution in [2.24, 2.45) is 0 Å². The van der Waals surface area contributed by atoms with E-state index < -0.39 is 0 Å². The number of hydrogen-bond acceptors (Lipinski definition) is 1. The Kier molecular flexibility index (Phi) is 3.95. The molecule has 108 valence electrons. The van der Waals surface area contributed by atoms with Crippen LogP contribution in [0.5, 0.6) is 0 Å². The molecule has 2 aromatic carbocycles. The van der Waals surface area contributed by atoms with Gasteiger partial charge in [0, 0.05) is 22.3 Å². The van der Waals surface area contributed by atoms with Gasteiger partial charge in [0.2, 0.25) is 0 Å². The number of nitrogens with one attached hydrogen (secondary N) is 1. The summed E-state index contributed by atoms with van der Waals surface area (Å²) in [6, 6.07) is 12.4. The highest BCUT2D eigenvalue weighted by atomic mass is 35.5. The maximum absolute atomic E-state index is 13.1. The molecule has 3 aromatic rings. The van der Waals surface area contributed by atoms with E-state index in [0.717, 1.165) is 24.2 Å². The molecule has 1 aromatic heterocycles. The molecule has 0 spiro atoms. The van der Waals surface area contributed by atoms with Crippen LogP contribution in [0.3, 0.4) is 0 Å². The van der Waals surface area contributed by atoms with Crippen LogP contribution >= 0.6 is 11.6 Å². The number of hydrogen-bond donors (Lipinski definition) is 1. The number of halogens is 2. The van der Waals surface area contributed by atoms with Crippen molar-refractivity contribution in [2.75, 3.05) is 13.6 Å². The summed E-state index contributed by atoms with van der Waals surface area (Å²) in [5.74, 6) is -0.233. The van der Waals surface area contributed by atoms with Crippen molar-refractivity contribution in [1.29, 1.82) is 0 Å². The normalized spacial score (nSPS) is 11.2. The van der Waals surface area contributed by atoms with Gasteiger partial charge in [-0.3, -0.25) is 0 Å². The molecule has 1 N–H and O–H groups in total. The van der Waals surface area contributed by atoms with Gasteiger partial charge in [-0.05, 0) is 62.0 Å². The van der Waals surface area contributed by atoms with Gasteiger partial charge in [0.15, 0.2) is 0 Å². The third-order valence-electron chi connectivity index (χ3n) is 3.60. The molecule has 1 heterocycles. The fraction of sp³-hybridized carbons (Fsp3) is 0.176. The fourth-order valence-electron chi connectivity index (χ4n) is 2.54. The number of nitrogens with zero attached hydrogens (tertiary/aromatic N) is 1. The summed E-state index contributed by atoms with van der Waals surface area (Å²) in [4.78, 5) is 0. The minimum atomic E-state index is -0.233. The van der Waals surface area contributed by atoms with Crippen LogP contribution in [-0.2, 0) is 6.42 Å². The van der Waals surface area contributed by atoms with Crippen molar-refractivity contribution in [3.8, 4) is 5.69 Å². The molecule has 0 aliphatic heterocycles. The predicted octanol–water partition coefficient (Wildman–Crippen LogP) is 4.18. The second-order valence-electron chi connectivity index (χ2n) is 5.02. The summed E-state index contributed by atoms with van der Waals surface area (Å²) in [5.41, 5.74) is 3.22. The van der Waals surface area contributed by atoms with E-state index in [0.29, 0.717) is 5.02 Å². The molecule has 0 fully saturated rings. The number of rotatable bonds is 4. The SMILES string of the molecule is CNCCc1cn(-c2ccc(F)cc2)c2cc(Cl)ccc12. The molecule has 0 bridgehead atoms. The molecule has 0 saturated carbocycles. The number of benzene rings is 2. The lowest BCUT2D eigenvalue weighted by atomic mass is 10.1. The van der Waals surface area contributed by atoms with Crippen LogP contribution in [-0.4, -0.2) is 18.2 Å². The van der Waals surface area contributed by atoms with Gasteiger partial charge in [0.1, 0.15) is 5.82 Å². The van der Waals surface area contributed by atoms with Crippen molar-refractivity contribution >= 4 is 22.5 Å². The highest BCUT2D eigenvalue weighted by Gasteiger charge is 2.10. The Morgan fingerprint density at radius 2 is 1.90 bits per heavy atom. The van der Waals surface area contributed by atoms with Gasteiger partial charge < -0.3 is 9.88 Å². The standard InChI is InChI=1S/C17H16ClFN2/c1-20-9-8-12-11-21(15-5-3-14(19)4-6-15)17-10-13(18)2-7-16(12)17/h2-7,10-11,20H,8-9H2,1H3. The topological polar surface area (TPSA) is 17.0 Å². The minimum Gasteiger partial charge on any atom is -0.319 e. The van der Waals surface area contributed by atoms with Crippen LogP contribution in [0.25, 0.3) is 16.6 Å². The largest absolute Gasteiger partial charge is 0.319 e. The van der Waals surface area contributed by atoms with Crippen molar-refractivity contribution in [1.82, 2.24) is 9.88 Å². The molecule has 0 saturated heterocycles. The Labute approximate surface area is 128 Å². The van der Waals surface area contributed by atoms with Crippen LogP contribution in [0.15, 0.2) is 48.7 Å². The third kappa shape index (κ3) is 2.80. The number of fused-ring (bicyclic) bond motifs is 1. The first-order chi connectivity index (χ1) is 10.2. The molecule has 0 radical (unpaired) electrons. The van der Waals surface area contributed by atoms with E-state index in [4.69, 9.17) is 11.6 Å². The quantitative estimate of drug-likeness (QED) is 0.765. The third-order valence-corrected chi connectivity index (χ3v) is 3.83. The molecule has 4 heteroatoms. The number of likely N-dealkylation sites (N-methyl/N-ethyl adjacent to an activating group) is 1. The summed E-state index contributed by atoms with van der Waals surface area (Å²) in [6.45, 7) is 0.908. The van der Waals surface area contributed by atoms with Gasteiger partial charge in [0.05, 0.1) is 5.52 Å². The van der Waals surface area contributed by atoms with Crippen LogP contribution < -0.4 is 5.32 Å². The van der Waals surface area contributed by atoms with Crippen molar-refractivity contribution < 1.29 is 4.39 Å². The zero-order chi connectivity index (χ0) is 14.8. The van der Waals surface area contributed by atoms with E-state index in [9.17, 15) is 4.39 Å². The lowest BCUT2D eigenvalue weighted by Crippen LogP contribution is -2.09. The molecule has 2 nitrogen and oxygen atoms in total. The maximum atomic E-state index is 13.1. The van der Waals surface area contributed by atoms with E-state index in [2.05, 4.69) is 16.1 Å². The summed E-state index contributed by atoms with van der Waals surface area (Å²) in [6.07, 6.45) is 3.04. The molecule has 0 unspecified atom stereocenters. The van der Waals surface area contributed by atoms with E-state index in [1.807, 2.05) is 25.2 Å².